The fraction of sp³-hybridized carbons (Fsp3) is 0.0952. The Kier molecular flexibility index (Phi) is 4.65. The molecule has 2 nitrogen and oxygen atoms in total. The maximum Gasteiger partial charge on any atom is 0.167 e. The van der Waals surface area contributed by atoms with Gasteiger partial charge in [-0.2, -0.15) is 0 Å². The summed E-state index contributed by atoms with van der Waals surface area (Å²) in [5, 5.41) is 0. The number of ketones is 1. The van der Waals surface area contributed by atoms with Gasteiger partial charge in [-0.3, -0.25) is 4.79 Å². The zero-order chi connectivity index (χ0) is 16.1. The molecule has 2 heteroatoms. The van der Waals surface area contributed by atoms with E-state index in [1.807, 2.05) is 72.8 Å². The molecule has 0 aliphatic carbocycles. The molecule has 114 valence electrons. The summed E-state index contributed by atoms with van der Waals surface area (Å²) >= 11 is 0. The smallest absolute Gasteiger partial charge is 0.167 e. The Morgan fingerprint density at radius 2 is 1.39 bits per heavy atom. The Morgan fingerprint density at radius 3 is 2.04 bits per heavy atom. The van der Waals surface area contributed by atoms with Crippen LogP contribution in [0.4, 0.5) is 0 Å². The zero-order valence-electron chi connectivity index (χ0n) is 12.9. The number of Topliss-reactive ketones (excluding diaryl/α,β-unsaturated/α-hetero) is 1. The molecular formula is C21H19NO. The molecule has 0 bridgehead atoms. The lowest BCUT2D eigenvalue weighted by Crippen LogP contribution is -2.06. The van der Waals surface area contributed by atoms with Crippen LogP contribution in [0.5, 0.6) is 0 Å². The molecular weight excluding hydrogens is 282 g/mol. The zero-order valence-corrected chi connectivity index (χ0v) is 12.9. The Labute approximate surface area is 136 Å². The first kappa shape index (κ1) is 15.2. The Bertz CT molecular complexity index is 795. The van der Waals surface area contributed by atoms with Crippen LogP contribution in [0.1, 0.15) is 21.5 Å². The van der Waals surface area contributed by atoms with E-state index in [-0.39, 0.29) is 5.78 Å². The summed E-state index contributed by atoms with van der Waals surface area (Å²) < 4.78 is 0. The van der Waals surface area contributed by atoms with Crippen molar-refractivity contribution in [3.8, 4) is 11.1 Å². The summed E-state index contributed by atoms with van der Waals surface area (Å²) in [5.74, 6) is 0.115. The van der Waals surface area contributed by atoms with E-state index in [4.69, 9.17) is 5.73 Å². The van der Waals surface area contributed by atoms with E-state index in [2.05, 4.69) is 6.07 Å². The largest absolute Gasteiger partial charge is 0.326 e. The van der Waals surface area contributed by atoms with Crippen LogP contribution in [0.2, 0.25) is 0 Å². The maximum absolute atomic E-state index is 12.6. The molecule has 23 heavy (non-hydrogen) atoms. The minimum atomic E-state index is 0.115. The van der Waals surface area contributed by atoms with Crippen LogP contribution >= 0.6 is 0 Å². The van der Waals surface area contributed by atoms with E-state index >= 15 is 0 Å². The van der Waals surface area contributed by atoms with Gasteiger partial charge in [-0.1, -0.05) is 60.7 Å². The summed E-state index contributed by atoms with van der Waals surface area (Å²) in [6.07, 6.45) is 0.406. The van der Waals surface area contributed by atoms with E-state index in [9.17, 15) is 4.79 Å². The molecule has 2 N–H and O–H groups in total. The molecule has 0 aliphatic heterocycles. The third-order valence-corrected chi connectivity index (χ3v) is 3.87. The number of rotatable bonds is 5. The lowest BCUT2D eigenvalue weighted by molar-refractivity contribution is 0.0993. The molecule has 0 unspecified atom stereocenters. The van der Waals surface area contributed by atoms with Crippen LogP contribution < -0.4 is 5.73 Å². The fourth-order valence-electron chi connectivity index (χ4n) is 2.65. The SMILES string of the molecule is NCc1cc(C(=O)Cc2ccccc2)cc(-c2ccccc2)c1. The maximum atomic E-state index is 12.6. The van der Waals surface area contributed by atoms with Crippen molar-refractivity contribution in [2.75, 3.05) is 0 Å². The Morgan fingerprint density at radius 1 is 0.739 bits per heavy atom. The number of carbonyl (C=O) groups is 1. The van der Waals surface area contributed by atoms with Crippen LogP contribution in [0.25, 0.3) is 11.1 Å². The highest BCUT2D eigenvalue weighted by Crippen LogP contribution is 2.23. The molecule has 3 aromatic carbocycles. The topological polar surface area (TPSA) is 43.1 Å². The van der Waals surface area contributed by atoms with E-state index in [1.54, 1.807) is 0 Å². The first-order valence-corrected chi connectivity index (χ1v) is 7.73. The lowest BCUT2D eigenvalue weighted by atomic mass is 9.95. The standard InChI is InChI=1S/C21H19NO/c22-15-17-11-19(18-9-5-2-6-10-18)14-20(12-17)21(23)13-16-7-3-1-4-8-16/h1-12,14H,13,15,22H2. The summed E-state index contributed by atoms with van der Waals surface area (Å²) in [7, 11) is 0. The van der Waals surface area contributed by atoms with E-state index < -0.39 is 0 Å². The van der Waals surface area contributed by atoms with Gasteiger partial charge in [0.05, 0.1) is 0 Å². The molecule has 0 aromatic heterocycles. The second-order valence-corrected chi connectivity index (χ2v) is 5.57. The molecule has 3 rings (SSSR count). The predicted molar refractivity (Wildman–Crippen MR) is 94.2 cm³/mol. The van der Waals surface area contributed by atoms with E-state index in [1.165, 1.54) is 0 Å². The molecule has 0 aliphatic rings. The van der Waals surface area contributed by atoms with Gasteiger partial charge in [0, 0.05) is 18.5 Å². The van der Waals surface area contributed by atoms with Gasteiger partial charge in [0.25, 0.3) is 0 Å². The molecule has 0 atom stereocenters. The van der Waals surface area contributed by atoms with E-state index in [0.29, 0.717) is 13.0 Å². The highest BCUT2D eigenvalue weighted by molar-refractivity contribution is 5.98. The predicted octanol–water partition coefficient (Wildman–Crippen LogP) is 4.24. The van der Waals surface area contributed by atoms with Gasteiger partial charge in [-0.15, -0.1) is 0 Å². The molecule has 0 amide bonds. The van der Waals surface area contributed by atoms with Gasteiger partial charge in [-0.25, -0.2) is 0 Å². The molecule has 0 saturated carbocycles. The summed E-state index contributed by atoms with van der Waals surface area (Å²) in [5.41, 5.74) is 10.7. The average molecular weight is 301 g/mol. The first-order valence-electron chi connectivity index (χ1n) is 7.73. The Balaban J connectivity index is 1.94. The number of hydrogen-bond donors (Lipinski definition) is 1. The van der Waals surface area contributed by atoms with E-state index in [0.717, 1.165) is 27.8 Å². The second kappa shape index (κ2) is 7.03. The van der Waals surface area contributed by atoms with Crippen molar-refractivity contribution < 1.29 is 4.79 Å². The van der Waals surface area contributed by atoms with Crippen LogP contribution in [0.15, 0.2) is 78.9 Å². The average Bonchev–Trinajstić information content (AvgIpc) is 2.63. The van der Waals surface area contributed by atoms with Crippen molar-refractivity contribution in [1.29, 1.82) is 0 Å². The van der Waals surface area contributed by atoms with Gasteiger partial charge in [0.15, 0.2) is 5.78 Å². The fourth-order valence-corrected chi connectivity index (χ4v) is 2.65. The summed E-state index contributed by atoms with van der Waals surface area (Å²) in [6.45, 7) is 0.423. The highest BCUT2D eigenvalue weighted by atomic mass is 16.1. The molecule has 0 fully saturated rings. The monoisotopic (exact) mass is 301 g/mol. The van der Waals surface area contributed by atoms with Crippen molar-refractivity contribution in [2.45, 2.75) is 13.0 Å². The molecule has 0 spiro atoms. The van der Waals surface area contributed by atoms with Gasteiger partial charge in [0.2, 0.25) is 0 Å². The van der Waals surface area contributed by atoms with Gasteiger partial charge < -0.3 is 5.73 Å². The highest BCUT2D eigenvalue weighted by Gasteiger charge is 2.10. The normalized spacial score (nSPS) is 10.5. The van der Waals surface area contributed by atoms with Crippen LogP contribution in [-0.4, -0.2) is 5.78 Å². The number of carbonyl (C=O) groups excluding carboxylic acids is 1. The van der Waals surface area contributed by atoms with Gasteiger partial charge >= 0.3 is 0 Å². The van der Waals surface area contributed by atoms with Gasteiger partial charge in [-0.05, 0) is 40.5 Å². The van der Waals surface area contributed by atoms with Crippen molar-refractivity contribution in [3.05, 3.63) is 95.6 Å². The molecule has 0 saturated heterocycles. The van der Waals surface area contributed by atoms with Crippen LogP contribution in [0, 0.1) is 0 Å². The number of nitrogens with two attached hydrogens (primary N) is 1. The Hall–Kier alpha value is -2.71. The minimum absolute atomic E-state index is 0.115. The molecule has 3 aromatic rings. The number of benzene rings is 3. The third-order valence-electron chi connectivity index (χ3n) is 3.87. The minimum Gasteiger partial charge on any atom is -0.326 e. The van der Waals surface area contributed by atoms with Gasteiger partial charge in [0.1, 0.15) is 0 Å². The first-order chi connectivity index (χ1) is 11.3. The summed E-state index contributed by atoms with van der Waals surface area (Å²) in [4.78, 5) is 12.6. The third kappa shape index (κ3) is 3.74. The molecule has 0 radical (unpaired) electrons. The van der Waals surface area contributed by atoms with Crippen molar-refractivity contribution in [1.82, 2.24) is 0 Å². The van der Waals surface area contributed by atoms with Crippen LogP contribution in [0.3, 0.4) is 0 Å². The lowest BCUT2D eigenvalue weighted by Gasteiger charge is -2.09. The quantitative estimate of drug-likeness (QED) is 0.716. The summed E-state index contributed by atoms with van der Waals surface area (Å²) in [6, 6.07) is 25.8. The second-order valence-electron chi connectivity index (χ2n) is 5.57. The van der Waals surface area contributed by atoms with Crippen molar-refractivity contribution >= 4 is 5.78 Å². The van der Waals surface area contributed by atoms with Crippen molar-refractivity contribution in [2.24, 2.45) is 5.73 Å². The van der Waals surface area contributed by atoms with Crippen molar-refractivity contribution in [3.63, 3.8) is 0 Å². The number of hydrogen-bond acceptors (Lipinski definition) is 2. The molecule has 0 heterocycles. The van der Waals surface area contributed by atoms with Crippen LogP contribution in [-0.2, 0) is 13.0 Å².